The van der Waals surface area contributed by atoms with Gasteiger partial charge >= 0.3 is 0 Å². The quantitative estimate of drug-likeness (QED) is 0.262. The number of anilines is 1. The van der Waals surface area contributed by atoms with Gasteiger partial charge in [0.05, 0.1) is 12.3 Å². The Morgan fingerprint density at radius 3 is 2.32 bits per heavy atom. The average molecular weight is 520 g/mol. The zero-order valence-corrected chi connectivity index (χ0v) is 20.1. The Bertz CT molecular complexity index is 1280. The molecule has 1 amide bonds. The Hall–Kier alpha value is -3.64. The first-order chi connectivity index (χ1) is 16.5. The van der Waals surface area contributed by atoms with Crippen LogP contribution in [0, 0.1) is 5.82 Å². The smallest absolute Gasteiger partial charge is 0.255 e. The van der Waals surface area contributed by atoms with Gasteiger partial charge < -0.3 is 14.8 Å². The van der Waals surface area contributed by atoms with Crippen molar-refractivity contribution in [1.29, 1.82) is 0 Å². The molecule has 0 fully saturated rings. The zero-order chi connectivity index (χ0) is 23.9. The van der Waals surface area contributed by atoms with E-state index < -0.39 is 11.7 Å². The molecule has 0 saturated heterocycles. The summed E-state index contributed by atoms with van der Waals surface area (Å²) in [6, 6.07) is 27.5. The molecule has 4 rings (SSSR count). The van der Waals surface area contributed by atoms with Gasteiger partial charge in [0.15, 0.2) is 0 Å². The largest absolute Gasteiger partial charge is 0.493 e. The molecular formula is C28H23BrFNO3. The standard InChI is InChI=1S/C28H23BrFNO3/c1-2-33-27-15-10-21(28(32)31-26-14-11-23(29)17-25(26)30)16-22(27)18-34-24-12-8-20(9-13-24)19-6-4-3-5-7-19/h3-17H,2,18H2,1H3,(H,31,32). The number of rotatable bonds is 8. The first kappa shape index (κ1) is 23.5. The Morgan fingerprint density at radius 2 is 1.62 bits per heavy atom. The van der Waals surface area contributed by atoms with Gasteiger partial charge in [-0.2, -0.15) is 0 Å². The number of hydrogen-bond donors (Lipinski definition) is 1. The lowest BCUT2D eigenvalue weighted by Gasteiger charge is -2.14. The summed E-state index contributed by atoms with van der Waals surface area (Å²) in [5.41, 5.74) is 3.44. The van der Waals surface area contributed by atoms with Gasteiger partial charge in [0.25, 0.3) is 5.91 Å². The Morgan fingerprint density at radius 1 is 0.882 bits per heavy atom. The van der Waals surface area contributed by atoms with Crippen LogP contribution < -0.4 is 14.8 Å². The second-order valence-electron chi connectivity index (χ2n) is 7.51. The summed E-state index contributed by atoms with van der Waals surface area (Å²) in [5.74, 6) is 0.401. The number of carbonyl (C=O) groups excluding carboxylic acids is 1. The molecule has 0 radical (unpaired) electrons. The van der Waals surface area contributed by atoms with E-state index in [1.165, 1.54) is 12.1 Å². The number of nitrogens with one attached hydrogen (secondary N) is 1. The topological polar surface area (TPSA) is 47.6 Å². The molecule has 4 aromatic rings. The molecule has 0 unspecified atom stereocenters. The van der Waals surface area contributed by atoms with E-state index in [0.717, 1.165) is 16.7 Å². The molecule has 4 aromatic carbocycles. The lowest BCUT2D eigenvalue weighted by atomic mass is 10.1. The van der Waals surface area contributed by atoms with Crippen molar-refractivity contribution in [2.75, 3.05) is 11.9 Å². The molecule has 0 heterocycles. The van der Waals surface area contributed by atoms with Gasteiger partial charge in [-0.3, -0.25) is 4.79 Å². The summed E-state index contributed by atoms with van der Waals surface area (Å²) in [5, 5.41) is 2.61. The first-order valence-electron chi connectivity index (χ1n) is 10.8. The van der Waals surface area contributed by atoms with E-state index in [9.17, 15) is 9.18 Å². The molecule has 0 spiro atoms. The van der Waals surface area contributed by atoms with Gasteiger partial charge in [-0.1, -0.05) is 58.4 Å². The molecule has 172 valence electrons. The van der Waals surface area contributed by atoms with E-state index in [-0.39, 0.29) is 12.3 Å². The van der Waals surface area contributed by atoms with E-state index >= 15 is 0 Å². The van der Waals surface area contributed by atoms with Crippen LogP contribution in [0.1, 0.15) is 22.8 Å². The van der Waals surface area contributed by atoms with Crippen LogP contribution in [0.25, 0.3) is 11.1 Å². The van der Waals surface area contributed by atoms with Gasteiger partial charge in [-0.15, -0.1) is 0 Å². The number of carbonyl (C=O) groups is 1. The second-order valence-corrected chi connectivity index (χ2v) is 8.43. The molecule has 34 heavy (non-hydrogen) atoms. The average Bonchev–Trinajstić information content (AvgIpc) is 2.86. The molecule has 0 aliphatic rings. The normalized spacial score (nSPS) is 10.6. The van der Waals surface area contributed by atoms with Gasteiger partial charge in [0.1, 0.15) is 23.9 Å². The fraction of sp³-hybridized carbons (Fsp3) is 0.107. The van der Waals surface area contributed by atoms with Crippen molar-refractivity contribution in [1.82, 2.24) is 0 Å². The van der Waals surface area contributed by atoms with Crippen molar-refractivity contribution >= 4 is 27.5 Å². The van der Waals surface area contributed by atoms with Gasteiger partial charge in [0.2, 0.25) is 0 Å². The molecule has 0 aromatic heterocycles. The van der Waals surface area contributed by atoms with Crippen molar-refractivity contribution in [2.24, 2.45) is 0 Å². The fourth-order valence-electron chi connectivity index (χ4n) is 3.45. The maximum Gasteiger partial charge on any atom is 0.255 e. The number of benzene rings is 4. The fourth-order valence-corrected chi connectivity index (χ4v) is 3.78. The number of halogens is 2. The lowest BCUT2D eigenvalue weighted by molar-refractivity contribution is 0.102. The third kappa shape index (κ3) is 5.83. The van der Waals surface area contributed by atoms with Crippen LogP contribution in [0.15, 0.2) is 95.5 Å². The van der Waals surface area contributed by atoms with Crippen LogP contribution in [0.5, 0.6) is 11.5 Å². The minimum atomic E-state index is -0.517. The third-order valence-electron chi connectivity index (χ3n) is 5.16. The summed E-state index contributed by atoms with van der Waals surface area (Å²) in [6.45, 7) is 2.59. The molecule has 4 nitrogen and oxygen atoms in total. The minimum Gasteiger partial charge on any atom is -0.493 e. The summed E-state index contributed by atoms with van der Waals surface area (Å²) in [7, 11) is 0. The molecule has 0 aliphatic carbocycles. The third-order valence-corrected chi connectivity index (χ3v) is 5.65. The number of amides is 1. The Balaban J connectivity index is 1.49. The van der Waals surface area contributed by atoms with Gasteiger partial charge in [-0.25, -0.2) is 4.39 Å². The Kier molecular flexibility index (Phi) is 7.60. The van der Waals surface area contributed by atoms with Gasteiger partial charge in [0, 0.05) is 15.6 Å². The van der Waals surface area contributed by atoms with E-state index in [4.69, 9.17) is 9.47 Å². The highest BCUT2D eigenvalue weighted by Gasteiger charge is 2.14. The van der Waals surface area contributed by atoms with E-state index in [2.05, 4.69) is 33.4 Å². The Labute approximate surface area is 206 Å². The maximum absolute atomic E-state index is 14.1. The van der Waals surface area contributed by atoms with Crippen LogP contribution in [0.3, 0.4) is 0 Å². The molecular weight excluding hydrogens is 497 g/mol. The van der Waals surface area contributed by atoms with Crippen LogP contribution in [0.4, 0.5) is 10.1 Å². The lowest BCUT2D eigenvalue weighted by Crippen LogP contribution is -2.14. The molecule has 0 saturated carbocycles. The monoisotopic (exact) mass is 519 g/mol. The van der Waals surface area contributed by atoms with E-state index in [1.807, 2.05) is 49.4 Å². The minimum absolute atomic E-state index is 0.110. The molecule has 1 N–H and O–H groups in total. The summed E-state index contributed by atoms with van der Waals surface area (Å²) < 4.78 is 26.4. The van der Waals surface area contributed by atoms with Crippen LogP contribution in [-0.4, -0.2) is 12.5 Å². The predicted molar refractivity (Wildman–Crippen MR) is 136 cm³/mol. The maximum atomic E-state index is 14.1. The molecule has 0 atom stereocenters. The van der Waals surface area contributed by atoms with Crippen molar-refractivity contribution in [3.05, 3.63) is 112 Å². The second kappa shape index (κ2) is 11.0. The van der Waals surface area contributed by atoms with Crippen molar-refractivity contribution in [2.45, 2.75) is 13.5 Å². The van der Waals surface area contributed by atoms with Gasteiger partial charge in [-0.05, 0) is 66.6 Å². The zero-order valence-electron chi connectivity index (χ0n) is 18.6. The van der Waals surface area contributed by atoms with E-state index in [0.29, 0.717) is 28.1 Å². The molecule has 0 bridgehead atoms. The SMILES string of the molecule is CCOc1ccc(C(=O)Nc2ccc(Br)cc2F)cc1COc1ccc(-c2ccccc2)cc1. The summed E-state index contributed by atoms with van der Waals surface area (Å²) in [6.07, 6.45) is 0. The van der Waals surface area contributed by atoms with Crippen LogP contribution in [0.2, 0.25) is 0 Å². The molecule has 0 aliphatic heterocycles. The van der Waals surface area contributed by atoms with Crippen molar-refractivity contribution in [3.63, 3.8) is 0 Å². The highest BCUT2D eigenvalue weighted by Crippen LogP contribution is 2.26. The van der Waals surface area contributed by atoms with Crippen molar-refractivity contribution in [3.8, 4) is 22.6 Å². The number of ether oxygens (including phenoxy) is 2. The highest BCUT2D eigenvalue weighted by molar-refractivity contribution is 9.10. The summed E-state index contributed by atoms with van der Waals surface area (Å²) >= 11 is 3.21. The van der Waals surface area contributed by atoms with Crippen molar-refractivity contribution < 1.29 is 18.7 Å². The van der Waals surface area contributed by atoms with Crippen LogP contribution in [-0.2, 0) is 6.61 Å². The van der Waals surface area contributed by atoms with Crippen LogP contribution >= 0.6 is 15.9 Å². The van der Waals surface area contributed by atoms with E-state index in [1.54, 1.807) is 24.3 Å². The number of hydrogen-bond acceptors (Lipinski definition) is 3. The molecule has 6 heteroatoms. The highest BCUT2D eigenvalue weighted by atomic mass is 79.9. The first-order valence-corrected chi connectivity index (χ1v) is 11.6. The predicted octanol–water partition coefficient (Wildman–Crippen LogP) is 7.49. The summed E-state index contributed by atoms with van der Waals surface area (Å²) in [4.78, 5) is 12.7.